The number of anilines is 1. The third-order valence-electron chi connectivity index (χ3n) is 2.39. The van der Waals surface area contributed by atoms with Crippen LogP contribution in [0.25, 0.3) is 0 Å². The van der Waals surface area contributed by atoms with Crippen LogP contribution < -0.4 is 10.1 Å². The Morgan fingerprint density at radius 2 is 2.11 bits per heavy atom. The van der Waals surface area contributed by atoms with E-state index in [9.17, 15) is 4.79 Å². The number of aryl methyl sites for hydroxylation is 1. The summed E-state index contributed by atoms with van der Waals surface area (Å²) in [5, 5.41) is 2.73. The van der Waals surface area contributed by atoms with E-state index in [0.29, 0.717) is 17.1 Å². The molecule has 0 spiro atoms. The highest BCUT2D eigenvalue weighted by molar-refractivity contribution is 6.04. The number of carbonyl (C=O) groups excluding carboxylic acids is 1. The van der Waals surface area contributed by atoms with E-state index in [2.05, 4.69) is 15.3 Å². The molecule has 1 amide bonds. The Hall–Kier alpha value is -2.43. The lowest BCUT2D eigenvalue weighted by Crippen LogP contribution is -2.13. The van der Waals surface area contributed by atoms with Crippen LogP contribution in [0.2, 0.25) is 0 Å². The minimum Gasteiger partial charge on any atom is -0.480 e. The fraction of sp³-hybridized carbons (Fsp3) is 0.154. The third kappa shape index (κ3) is 2.63. The summed E-state index contributed by atoms with van der Waals surface area (Å²) >= 11 is 0. The summed E-state index contributed by atoms with van der Waals surface area (Å²) in [6.45, 7) is 1.87. The zero-order chi connectivity index (χ0) is 13.0. The molecule has 0 fully saturated rings. The van der Waals surface area contributed by atoms with Gasteiger partial charge >= 0.3 is 0 Å². The molecule has 0 saturated heterocycles. The van der Waals surface area contributed by atoms with Crippen molar-refractivity contribution in [2.75, 3.05) is 12.4 Å². The average molecular weight is 243 g/mol. The first kappa shape index (κ1) is 12.0. The fourth-order valence-corrected chi connectivity index (χ4v) is 1.45. The summed E-state index contributed by atoms with van der Waals surface area (Å²) in [6, 6.07) is 6.97. The number of hydrogen-bond acceptors (Lipinski definition) is 4. The molecule has 2 heterocycles. The fourth-order valence-electron chi connectivity index (χ4n) is 1.45. The monoisotopic (exact) mass is 243 g/mol. The van der Waals surface area contributed by atoms with Crippen LogP contribution in [0.5, 0.6) is 5.88 Å². The number of aromatic nitrogens is 2. The van der Waals surface area contributed by atoms with Crippen LogP contribution in [0.3, 0.4) is 0 Å². The number of nitrogens with one attached hydrogen (secondary N) is 1. The molecule has 0 aliphatic heterocycles. The van der Waals surface area contributed by atoms with Crippen molar-refractivity contribution < 1.29 is 9.53 Å². The first-order chi connectivity index (χ1) is 8.70. The van der Waals surface area contributed by atoms with E-state index in [1.165, 1.54) is 13.3 Å². The molecule has 0 radical (unpaired) electrons. The van der Waals surface area contributed by atoms with Crippen LogP contribution in [0.4, 0.5) is 5.69 Å². The Balaban J connectivity index is 2.18. The van der Waals surface area contributed by atoms with Gasteiger partial charge in [0.15, 0.2) is 0 Å². The van der Waals surface area contributed by atoms with Crippen molar-refractivity contribution in [1.29, 1.82) is 0 Å². The zero-order valence-electron chi connectivity index (χ0n) is 10.2. The van der Waals surface area contributed by atoms with E-state index in [1.54, 1.807) is 30.5 Å². The summed E-state index contributed by atoms with van der Waals surface area (Å²) in [6.07, 6.45) is 3.13. The minimum atomic E-state index is -0.242. The number of methoxy groups -OCH3 is 1. The van der Waals surface area contributed by atoms with Crippen LogP contribution in [-0.4, -0.2) is 23.0 Å². The summed E-state index contributed by atoms with van der Waals surface area (Å²) in [7, 11) is 1.51. The third-order valence-corrected chi connectivity index (χ3v) is 2.39. The molecule has 5 nitrogen and oxygen atoms in total. The second-order valence-electron chi connectivity index (χ2n) is 3.70. The van der Waals surface area contributed by atoms with E-state index in [4.69, 9.17) is 4.74 Å². The van der Waals surface area contributed by atoms with Crippen LogP contribution in [0.1, 0.15) is 16.1 Å². The zero-order valence-corrected chi connectivity index (χ0v) is 10.2. The van der Waals surface area contributed by atoms with Crippen LogP contribution in [0, 0.1) is 6.92 Å². The molecule has 0 aliphatic carbocycles. The predicted molar refractivity (Wildman–Crippen MR) is 67.7 cm³/mol. The Bertz CT molecular complexity index is 552. The van der Waals surface area contributed by atoms with Gasteiger partial charge in [-0.05, 0) is 31.2 Å². The predicted octanol–water partition coefficient (Wildman–Crippen LogP) is 2.05. The van der Waals surface area contributed by atoms with Gasteiger partial charge in [-0.1, -0.05) is 0 Å². The normalized spacial score (nSPS) is 9.89. The summed E-state index contributed by atoms with van der Waals surface area (Å²) in [4.78, 5) is 20.0. The number of amides is 1. The topological polar surface area (TPSA) is 64.1 Å². The molecule has 2 aromatic heterocycles. The Labute approximate surface area is 105 Å². The number of carbonyl (C=O) groups is 1. The Kier molecular flexibility index (Phi) is 3.52. The van der Waals surface area contributed by atoms with Crippen molar-refractivity contribution in [2.24, 2.45) is 0 Å². The molecule has 0 aliphatic rings. The van der Waals surface area contributed by atoms with Crippen molar-refractivity contribution in [3.63, 3.8) is 0 Å². The Morgan fingerprint density at radius 1 is 1.28 bits per heavy atom. The van der Waals surface area contributed by atoms with Crippen molar-refractivity contribution in [3.05, 3.63) is 47.9 Å². The van der Waals surface area contributed by atoms with E-state index >= 15 is 0 Å². The van der Waals surface area contributed by atoms with Crippen molar-refractivity contribution in [3.8, 4) is 5.88 Å². The highest BCUT2D eigenvalue weighted by Gasteiger charge is 2.10. The van der Waals surface area contributed by atoms with Gasteiger partial charge in [-0.3, -0.25) is 9.78 Å². The minimum absolute atomic E-state index is 0.242. The van der Waals surface area contributed by atoms with Gasteiger partial charge in [0.1, 0.15) is 5.69 Å². The number of hydrogen-bond donors (Lipinski definition) is 1. The summed E-state index contributed by atoms with van der Waals surface area (Å²) < 4.78 is 5.06. The quantitative estimate of drug-likeness (QED) is 0.896. The standard InChI is InChI=1S/C13H13N3O2/c1-9-5-6-10(8-15-9)12(17)16-11-4-3-7-14-13(11)18-2/h3-8H,1-2H3,(H,16,17). The lowest BCUT2D eigenvalue weighted by atomic mass is 10.2. The second kappa shape index (κ2) is 5.27. The molecule has 92 valence electrons. The highest BCUT2D eigenvalue weighted by atomic mass is 16.5. The summed E-state index contributed by atoms with van der Waals surface area (Å²) in [5.74, 6) is 0.139. The average Bonchev–Trinajstić information content (AvgIpc) is 2.40. The van der Waals surface area contributed by atoms with E-state index < -0.39 is 0 Å². The maximum absolute atomic E-state index is 12.0. The van der Waals surface area contributed by atoms with Gasteiger partial charge in [0, 0.05) is 18.1 Å². The molecular weight excluding hydrogens is 230 g/mol. The molecule has 2 aromatic rings. The summed E-state index contributed by atoms with van der Waals surface area (Å²) in [5.41, 5.74) is 1.89. The number of pyridine rings is 2. The first-order valence-corrected chi connectivity index (χ1v) is 5.43. The van der Waals surface area contributed by atoms with Crippen LogP contribution in [0.15, 0.2) is 36.7 Å². The number of nitrogens with zero attached hydrogens (tertiary/aromatic N) is 2. The maximum Gasteiger partial charge on any atom is 0.257 e. The SMILES string of the molecule is COc1ncccc1NC(=O)c1ccc(C)nc1. The molecule has 0 unspecified atom stereocenters. The van der Waals surface area contributed by atoms with Gasteiger partial charge in [0.25, 0.3) is 5.91 Å². The molecule has 0 aromatic carbocycles. The second-order valence-corrected chi connectivity index (χ2v) is 3.70. The van der Waals surface area contributed by atoms with Gasteiger partial charge < -0.3 is 10.1 Å². The van der Waals surface area contributed by atoms with Crippen molar-refractivity contribution in [2.45, 2.75) is 6.92 Å². The largest absolute Gasteiger partial charge is 0.480 e. The van der Waals surface area contributed by atoms with Crippen molar-refractivity contribution >= 4 is 11.6 Å². The molecule has 18 heavy (non-hydrogen) atoms. The molecule has 5 heteroatoms. The van der Waals surface area contributed by atoms with Crippen molar-refractivity contribution in [1.82, 2.24) is 9.97 Å². The smallest absolute Gasteiger partial charge is 0.257 e. The molecule has 0 saturated carbocycles. The molecule has 0 atom stereocenters. The molecular formula is C13H13N3O2. The van der Waals surface area contributed by atoms with E-state index in [-0.39, 0.29) is 5.91 Å². The van der Waals surface area contributed by atoms with Gasteiger partial charge in [-0.2, -0.15) is 0 Å². The highest BCUT2D eigenvalue weighted by Crippen LogP contribution is 2.20. The lowest BCUT2D eigenvalue weighted by molar-refractivity contribution is 0.102. The van der Waals surface area contributed by atoms with Crippen LogP contribution in [-0.2, 0) is 0 Å². The van der Waals surface area contributed by atoms with Crippen LogP contribution >= 0.6 is 0 Å². The number of rotatable bonds is 3. The first-order valence-electron chi connectivity index (χ1n) is 5.43. The Morgan fingerprint density at radius 3 is 2.78 bits per heavy atom. The van der Waals surface area contributed by atoms with Gasteiger partial charge in [0.05, 0.1) is 12.7 Å². The molecule has 2 rings (SSSR count). The molecule has 1 N–H and O–H groups in total. The van der Waals surface area contributed by atoms with Gasteiger partial charge in [0.2, 0.25) is 5.88 Å². The lowest BCUT2D eigenvalue weighted by Gasteiger charge is -2.08. The number of ether oxygens (including phenoxy) is 1. The van der Waals surface area contributed by atoms with E-state index in [1.807, 2.05) is 6.92 Å². The maximum atomic E-state index is 12.0. The van der Waals surface area contributed by atoms with Gasteiger partial charge in [-0.15, -0.1) is 0 Å². The molecule has 0 bridgehead atoms. The van der Waals surface area contributed by atoms with Gasteiger partial charge in [-0.25, -0.2) is 4.98 Å². The van der Waals surface area contributed by atoms with E-state index in [0.717, 1.165) is 5.69 Å².